The van der Waals surface area contributed by atoms with Gasteiger partial charge in [-0.3, -0.25) is 9.69 Å². The van der Waals surface area contributed by atoms with Gasteiger partial charge in [0.25, 0.3) is 0 Å². The topological polar surface area (TPSA) is 49.6 Å². The highest BCUT2D eigenvalue weighted by atomic mass is 35.5. The van der Waals surface area contributed by atoms with Gasteiger partial charge in [0, 0.05) is 31.7 Å². The van der Waals surface area contributed by atoms with Crippen molar-refractivity contribution in [2.24, 2.45) is 17.6 Å². The van der Waals surface area contributed by atoms with Crippen LogP contribution in [0.15, 0.2) is 30.3 Å². The van der Waals surface area contributed by atoms with E-state index in [0.717, 1.165) is 58.4 Å². The minimum atomic E-state index is -0.336. The summed E-state index contributed by atoms with van der Waals surface area (Å²) in [6.07, 6.45) is 5.39. The van der Waals surface area contributed by atoms with E-state index in [1.54, 1.807) is 0 Å². The SMILES string of the molecule is CCN(CC1CCN(Cc2ccccc2)C1)C(=O)C1CCCCC1(C)N.Cl.Cl. The van der Waals surface area contributed by atoms with Crippen LogP contribution in [0.5, 0.6) is 0 Å². The molecule has 2 fully saturated rings. The number of amides is 1. The van der Waals surface area contributed by atoms with Gasteiger partial charge in [-0.05, 0) is 51.1 Å². The van der Waals surface area contributed by atoms with Gasteiger partial charge < -0.3 is 10.6 Å². The van der Waals surface area contributed by atoms with Gasteiger partial charge >= 0.3 is 0 Å². The van der Waals surface area contributed by atoms with Crippen LogP contribution in [0, 0.1) is 11.8 Å². The molecule has 1 heterocycles. The van der Waals surface area contributed by atoms with E-state index in [4.69, 9.17) is 5.73 Å². The van der Waals surface area contributed by atoms with Crippen molar-refractivity contribution in [2.75, 3.05) is 26.2 Å². The van der Waals surface area contributed by atoms with Gasteiger partial charge in [0.15, 0.2) is 0 Å². The third kappa shape index (κ3) is 6.35. The number of nitrogens with two attached hydrogens (primary N) is 1. The standard InChI is InChI=1S/C22H35N3O.2ClH/c1-3-25(21(26)20-11-7-8-13-22(20,2)23)17-19-12-14-24(16-19)15-18-9-5-4-6-10-18;;/h4-6,9-10,19-20H,3,7-8,11-17,23H2,1-2H3;2*1H. The summed E-state index contributed by atoms with van der Waals surface area (Å²) in [4.78, 5) is 17.7. The lowest BCUT2D eigenvalue weighted by molar-refractivity contribution is -0.139. The predicted molar refractivity (Wildman–Crippen MR) is 121 cm³/mol. The summed E-state index contributed by atoms with van der Waals surface area (Å²) in [7, 11) is 0. The fourth-order valence-corrected chi connectivity index (χ4v) is 4.72. The van der Waals surface area contributed by atoms with Crippen LogP contribution in [-0.2, 0) is 11.3 Å². The van der Waals surface area contributed by atoms with Crippen molar-refractivity contribution >= 4 is 30.7 Å². The van der Waals surface area contributed by atoms with Crippen LogP contribution < -0.4 is 5.73 Å². The first kappa shape index (κ1) is 25.2. The molecule has 1 aliphatic carbocycles. The lowest BCUT2D eigenvalue weighted by Gasteiger charge is -2.40. The molecule has 2 N–H and O–H groups in total. The van der Waals surface area contributed by atoms with Crippen molar-refractivity contribution in [3.63, 3.8) is 0 Å². The van der Waals surface area contributed by atoms with Gasteiger partial charge in [-0.25, -0.2) is 0 Å². The van der Waals surface area contributed by atoms with E-state index in [9.17, 15) is 4.79 Å². The Labute approximate surface area is 183 Å². The fourth-order valence-electron chi connectivity index (χ4n) is 4.72. The van der Waals surface area contributed by atoms with Crippen molar-refractivity contribution in [1.82, 2.24) is 9.80 Å². The molecule has 0 radical (unpaired) electrons. The van der Waals surface area contributed by atoms with Crippen LogP contribution in [0.25, 0.3) is 0 Å². The number of hydrogen-bond donors (Lipinski definition) is 1. The summed E-state index contributed by atoms with van der Waals surface area (Å²) in [5, 5.41) is 0. The Morgan fingerprint density at radius 2 is 1.93 bits per heavy atom. The molecule has 0 spiro atoms. The van der Waals surface area contributed by atoms with E-state index in [0.29, 0.717) is 11.8 Å². The molecule has 1 saturated heterocycles. The van der Waals surface area contributed by atoms with E-state index in [2.05, 4.69) is 54.0 Å². The van der Waals surface area contributed by atoms with Gasteiger partial charge in [0.05, 0.1) is 5.92 Å². The van der Waals surface area contributed by atoms with Crippen LogP contribution in [0.3, 0.4) is 0 Å². The van der Waals surface area contributed by atoms with Crippen LogP contribution in [0.4, 0.5) is 0 Å². The van der Waals surface area contributed by atoms with Crippen molar-refractivity contribution in [2.45, 2.75) is 58.0 Å². The Kier molecular flexibility index (Phi) is 10.3. The lowest BCUT2D eigenvalue weighted by atomic mass is 9.74. The number of likely N-dealkylation sites (tertiary alicyclic amines) is 1. The van der Waals surface area contributed by atoms with Crippen molar-refractivity contribution in [1.29, 1.82) is 0 Å². The second-order valence-electron chi connectivity index (χ2n) is 8.56. The third-order valence-electron chi connectivity index (χ3n) is 6.34. The molecule has 4 nitrogen and oxygen atoms in total. The molecule has 2 aliphatic rings. The molecule has 1 aromatic carbocycles. The second-order valence-corrected chi connectivity index (χ2v) is 8.56. The highest BCUT2D eigenvalue weighted by Crippen LogP contribution is 2.33. The first-order valence-electron chi connectivity index (χ1n) is 10.3. The Balaban J connectivity index is 0.00000196. The number of nitrogens with zero attached hydrogens (tertiary/aromatic N) is 2. The molecule has 3 unspecified atom stereocenters. The molecule has 1 aliphatic heterocycles. The molecule has 1 aromatic rings. The quantitative estimate of drug-likeness (QED) is 0.739. The monoisotopic (exact) mass is 429 g/mol. The highest BCUT2D eigenvalue weighted by molar-refractivity contribution is 5.85. The Morgan fingerprint density at radius 1 is 1.21 bits per heavy atom. The molecular weight excluding hydrogens is 393 g/mol. The van der Waals surface area contributed by atoms with Crippen molar-refractivity contribution in [3.8, 4) is 0 Å². The lowest BCUT2D eigenvalue weighted by Crippen LogP contribution is -2.54. The first-order valence-corrected chi connectivity index (χ1v) is 10.3. The normalized spacial score (nSPS) is 27.5. The average Bonchev–Trinajstić information content (AvgIpc) is 3.06. The van der Waals surface area contributed by atoms with E-state index in [1.807, 2.05) is 0 Å². The predicted octanol–water partition coefficient (Wildman–Crippen LogP) is 4.11. The number of carbonyl (C=O) groups excluding carboxylic acids is 1. The van der Waals surface area contributed by atoms with Crippen LogP contribution in [0.1, 0.15) is 51.5 Å². The van der Waals surface area contributed by atoms with E-state index in [-0.39, 0.29) is 36.3 Å². The number of halogens is 2. The van der Waals surface area contributed by atoms with Crippen LogP contribution in [-0.4, -0.2) is 47.4 Å². The minimum Gasteiger partial charge on any atom is -0.342 e. The molecule has 0 aromatic heterocycles. The zero-order valence-electron chi connectivity index (χ0n) is 17.3. The zero-order valence-corrected chi connectivity index (χ0v) is 18.9. The third-order valence-corrected chi connectivity index (χ3v) is 6.34. The maximum Gasteiger partial charge on any atom is 0.227 e. The maximum atomic E-state index is 13.1. The molecule has 28 heavy (non-hydrogen) atoms. The van der Waals surface area contributed by atoms with Gasteiger partial charge in [-0.1, -0.05) is 43.2 Å². The van der Waals surface area contributed by atoms with Crippen LogP contribution >= 0.6 is 24.8 Å². The number of benzene rings is 1. The second kappa shape index (κ2) is 11.4. The summed E-state index contributed by atoms with van der Waals surface area (Å²) in [5.41, 5.74) is 7.51. The Hall–Kier alpha value is -0.810. The maximum absolute atomic E-state index is 13.1. The van der Waals surface area contributed by atoms with E-state index >= 15 is 0 Å². The number of hydrogen-bond acceptors (Lipinski definition) is 3. The molecule has 1 saturated carbocycles. The number of rotatable bonds is 6. The first-order chi connectivity index (χ1) is 12.5. The molecule has 6 heteroatoms. The largest absolute Gasteiger partial charge is 0.342 e. The summed E-state index contributed by atoms with van der Waals surface area (Å²) >= 11 is 0. The van der Waals surface area contributed by atoms with Gasteiger partial charge in [-0.2, -0.15) is 0 Å². The van der Waals surface area contributed by atoms with E-state index < -0.39 is 0 Å². The molecular formula is C22H37Cl2N3O. The molecule has 1 amide bonds. The summed E-state index contributed by atoms with van der Waals surface area (Å²) < 4.78 is 0. The fraction of sp³-hybridized carbons (Fsp3) is 0.682. The number of carbonyl (C=O) groups is 1. The van der Waals surface area contributed by atoms with Crippen LogP contribution in [0.2, 0.25) is 0 Å². The Morgan fingerprint density at radius 3 is 2.57 bits per heavy atom. The average molecular weight is 430 g/mol. The van der Waals surface area contributed by atoms with Gasteiger partial charge in [0.2, 0.25) is 5.91 Å². The molecule has 3 atom stereocenters. The summed E-state index contributed by atoms with van der Waals surface area (Å²) in [5.74, 6) is 0.868. The van der Waals surface area contributed by atoms with E-state index in [1.165, 1.54) is 12.0 Å². The highest BCUT2D eigenvalue weighted by Gasteiger charge is 2.40. The smallest absolute Gasteiger partial charge is 0.227 e. The minimum absolute atomic E-state index is 0. The zero-order chi connectivity index (χ0) is 18.6. The van der Waals surface area contributed by atoms with Crippen molar-refractivity contribution < 1.29 is 4.79 Å². The molecule has 160 valence electrons. The summed E-state index contributed by atoms with van der Waals surface area (Å²) in [6, 6.07) is 10.7. The molecule has 3 rings (SSSR count). The molecule has 0 bridgehead atoms. The van der Waals surface area contributed by atoms with Gasteiger partial charge in [0.1, 0.15) is 0 Å². The Bertz CT molecular complexity index is 597. The van der Waals surface area contributed by atoms with Crippen molar-refractivity contribution in [3.05, 3.63) is 35.9 Å². The van der Waals surface area contributed by atoms with Gasteiger partial charge in [-0.15, -0.1) is 24.8 Å². The summed E-state index contributed by atoms with van der Waals surface area (Å²) in [6.45, 7) is 9.08.